The first-order chi connectivity index (χ1) is 16.2. The van der Waals surface area contributed by atoms with E-state index >= 15 is 0 Å². The third kappa shape index (κ3) is 6.27. The maximum absolute atomic E-state index is 13.0. The summed E-state index contributed by atoms with van der Waals surface area (Å²) in [6, 6.07) is 7.59. The molecule has 8 nitrogen and oxygen atoms in total. The molecule has 0 radical (unpaired) electrons. The molecule has 0 aromatic heterocycles. The van der Waals surface area contributed by atoms with E-state index in [9.17, 15) is 13.2 Å². The second kappa shape index (κ2) is 11.8. The van der Waals surface area contributed by atoms with Gasteiger partial charge in [-0.15, -0.1) is 0 Å². The van der Waals surface area contributed by atoms with Crippen molar-refractivity contribution in [2.24, 2.45) is 0 Å². The molecule has 2 aromatic carbocycles. The first-order valence-corrected chi connectivity index (χ1v) is 13.3. The van der Waals surface area contributed by atoms with E-state index < -0.39 is 15.9 Å². The van der Waals surface area contributed by atoms with Gasteiger partial charge in [0.05, 0.1) is 44.6 Å². The lowest BCUT2D eigenvalue weighted by Gasteiger charge is -2.31. The number of ether oxygens (including phenoxy) is 2. The summed E-state index contributed by atoms with van der Waals surface area (Å²) in [6.45, 7) is 6.15. The number of rotatable bonds is 9. The van der Waals surface area contributed by atoms with Crippen LogP contribution < -0.4 is 15.0 Å². The molecular formula is C22H26Cl3N3O5S. The predicted octanol–water partition coefficient (Wildman–Crippen LogP) is 4.53. The Kier molecular flexibility index (Phi) is 9.31. The van der Waals surface area contributed by atoms with Crippen molar-refractivity contribution < 1.29 is 22.7 Å². The average Bonchev–Trinajstić information content (AvgIpc) is 2.81. The Morgan fingerprint density at radius 3 is 2.35 bits per heavy atom. The second-order valence-electron chi connectivity index (χ2n) is 7.40. The highest BCUT2D eigenvalue weighted by atomic mass is 35.5. The van der Waals surface area contributed by atoms with E-state index in [0.717, 1.165) is 0 Å². The van der Waals surface area contributed by atoms with Crippen molar-refractivity contribution in [3.8, 4) is 5.75 Å². The van der Waals surface area contributed by atoms with Crippen molar-refractivity contribution in [1.29, 1.82) is 0 Å². The molecule has 34 heavy (non-hydrogen) atoms. The van der Waals surface area contributed by atoms with Crippen LogP contribution in [-0.2, 0) is 19.6 Å². The fourth-order valence-corrected chi connectivity index (χ4v) is 5.59. The van der Waals surface area contributed by atoms with E-state index in [4.69, 9.17) is 44.3 Å². The van der Waals surface area contributed by atoms with E-state index in [0.29, 0.717) is 50.8 Å². The van der Waals surface area contributed by atoms with E-state index in [1.807, 2.05) is 4.90 Å². The van der Waals surface area contributed by atoms with Crippen LogP contribution in [0.3, 0.4) is 0 Å². The van der Waals surface area contributed by atoms with Crippen LogP contribution >= 0.6 is 34.8 Å². The molecule has 3 rings (SSSR count). The Morgan fingerprint density at radius 1 is 1.06 bits per heavy atom. The summed E-state index contributed by atoms with van der Waals surface area (Å²) >= 11 is 18.0. The molecule has 0 aliphatic carbocycles. The van der Waals surface area contributed by atoms with Crippen LogP contribution in [-0.4, -0.2) is 64.6 Å². The molecule has 12 heteroatoms. The number of nitrogens with one attached hydrogen (secondary N) is 1. The largest absolute Gasteiger partial charge is 0.482 e. The van der Waals surface area contributed by atoms with Gasteiger partial charge in [-0.2, -0.15) is 4.31 Å². The summed E-state index contributed by atoms with van der Waals surface area (Å²) < 4.78 is 38.4. The molecule has 0 saturated carbocycles. The molecule has 1 saturated heterocycles. The van der Waals surface area contributed by atoms with Gasteiger partial charge >= 0.3 is 0 Å². The standard InChI is InChI=1S/C22H26Cl3N3O5S/c1-3-28(4-2)34(30,31)15-5-6-20(27-7-9-32-10-8-27)19(11-15)26-22(29)14-33-21-13-17(24)16(23)12-18(21)25/h5-6,11-13H,3-4,7-10,14H2,1-2H3,(H,26,29). The Bertz CT molecular complexity index is 1140. The van der Waals surface area contributed by atoms with Gasteiger partial charge in [0.2, 0.25) is 10.0 Å². The summed E-state index contributed by atoms with van der Waals surface area (Å²) in [7, 11) is -3.71. The number of anilines is 2. The molecule has 0 bridgehead atoms. The number of halogens is 3. The molecule has 1 amide bonds. The van der Waals surface area contributed by atoms with E-state index in [2.05, 4.69) is 5.32 Å². The molecule has 0 unspecified atom stereocenters. The third-order valence-corrected chi connectivity index (χ3v) is 8.33. The Hall–Kier alpha value is -1.75. The number of morpholine rings is 1. The summed E-state index contributed by atoms with van der Waals surface area (Å²) in [6.07, 6.45) is 0. The highest BCUT2D eigenvalue weighted by Gasteiger charge is 2.25. The van der Waals surface area contributed by atoms with E-state index in [-0.39, 0.29) is 32.3 Å². The average molecular weight is 551 g/mol. The van der Waals surface area contributed by atoms with Gasteiger partial charge in [0, 0.05) is 32.2 Å². The van der Waals surface area contributed by atoms with Crippen molar-refractivity contribution in [1.82, 2.24) is 4.31 Å². The number of benzene rings is 2. The zero-order valence-corrected chi connectivity index (χ0v) is 21.9. The van der Waals surface area contributed by atoms with E-state index in [1.165, 1.54) is 22.5 Å². The van der Waals surface area contributed by atoms with Crippen molar-refractivity contribution in [2.45, 2.75) is 18.7 Å². The molecule has 1 aliphatic rings. The summed E-state index contributed by atoms with van der Waals surface area (Å²) in [5.74, 6) is -0.286. The van der Waals surface area contributed by atoms with Crippen molar-refractivity contribution in [3.63, 3.8) is 0 Å². The summed E-state index contributed by atoms with van der Waals surface area (Å²) in [4.78, 5) is 14.9. The zero-order chi connectivity index (χ0) is 24.9. The molecule has 186 valence electrons. The molecule has 1 heterocycles. The first-order valence-electron chi connectivity index (χ1n) is 10.7. The van der Waals surface area contributed by atoms with Gasteiger partial charge in [0.25, 0.3) is 5.91 Å². The van der Waals surface area contributed by atoms with Crippen LogP contribution in [0.15, 0.2) is 35.2 Å². The zero-order valence-electron chi connectivity index (χ0n) is 18.8. The van der Waals surface area contributed by atoms with Crippen LogP contribution in [0.5, 0.6) is 5.75 Å². The smallest absolute Gasteiger partial charge is 0.262 e. The van der Waals surface area contributed by atoms with E-state index in [1.54, 1.807) is 26.0 Å². The fourth-order valence-electron chi connectivity index (χ4n) is 3.51. The number of sulfonamides is 1. The van der Waals surface area contributed by atoms with Gasteiger partial charge in [0.1, 0.15) is 5.75 Å². The highest BCUT2D eigenvalue weighted by molar-refractivity contribution is 7.89. The molecular weight excluding hydrogens is 525 g/mol. The molecule has 1 N–H and O–H groups in total. The van der Waals surface area contributed by atoms with Gasteiger partial charge in [-0.1, -0.05) is 48.7 Å². The van der Waals surface area contributed by atoms with Gasteiger partial charge in [0.15, 0.2) is 6.61 Å². The van der Waals surface area contributed by atoms with Crippen LogP contribution in [0.2, 0.25) is 15.1 Å². The molecule has 0 spiro atoms. The topological polar surface area (TPSA) is 88.2 Å². The molecule has 0 atom stereocenters. The Morgan fingerprint density at radius 2 is 1.71 bits per heavy atom. The number of carbonyl (C=O) groups excluding carboxylic acids is 1. The predicted molar refractivity (Wildman–Crippen MR) is 135 cm³/mol. The van der Waals surface area contributed by atoms with Gasteiger partial charge < -0.3 is 19.7 Å². The fraction of sp³-hybridized carbons (Fsp3) is 0.409. The first kappa shape index (κ1) is 26.8. The summed E-state index contributed by atoms with van der Waals surface area (Å²) in [5, 5.41) is 3.50. The monoisotopic (exact) mass is 549 g/mol. The molecule has 2 aromatic rings. The minimum atomic E-state index is -3.71. The van der Waals surface area contributed by atoms with Crippen molar-refractivity contribution in [2.75, 3.05) is 56.2 Å². The Labute approximate surface area is 214 Å². The minimum absolute atomic E-state index is 0.0944. The number of carbonyl (C=O) groups is 1. The van der Waals surface area contributed by atoms with Crippen LogP contribution in [0.25, 0.3) is 0 Å². The van der Waals surface area contributed by atoms with Gasteiger partial charge in [-0.05, 0) is 24.3 Å². The maximum atomic E-state index is 13.0. The number of hydrogen-bond donors (Lipinski definition) is 1. The third-order valence-electron chi connectivity index (χ3n) is 5.27. The lowest BCUT2D eigenvalue weighted by molar-refractivity contribution is -0.118. The van der Waals surface area contributed by atoms with Gasteiger partial charge in [-0.3, -0.25) is 4.79 Å². The lowest BCUT2D eigenvalue weighted by atomic mass is 10.2. The maximum Gasteiger partial charge on any atom is 0.262 e. The quantitative estimate of drug-likeness (QED) is 0.462. The molecule has 1 fully saturated rings. The second-order valence-corrected chi connectivity index (χ2v) is 10.6. The SMILES string of the molecule is CCN(CC)S(=O)(=O)c1ccc(N2CCOCC2)c(NC(=O)COc2cc(Cl)c(Cl)cc2Cl)c1. The Balaban J connectivity index is 1.86. The van der Waals surface area contributed by atoms with Crippen molar-refractivity contribution in [3.05, 3.63) is 45.4 Å². The van der Waals surface area contributed by atoms with Crippen LogP contribution in [0.1, 0.15) is 13.8 Å². The van der Waals surface area contributed by atoms with Crippen LogP contribution in [0.4, 0.5) is 11.4 Å². The normalized spacial score (nSPS) is 14.4. The number of nitrogens with zero attached hydrogens (tertiary/aromatic N) is 2. The van der Waals surface area contributed by atoms with Crippen LogP contribution in [0, 0.1) is 0 Å². The number of hydrogen-bond acceptors (Lipinski definition) is 6. The minimum Gasteiger partial charge on any atom is -0.482 e. The van der Waals surface area contributed by atoms with Gasteiger partial charge in [-0.25, -0.2) is 8.42 Å². The highest BCUT2D eigenvalue weighted by Crippen LogP contribution is 2.34. The summed E-state index contributed by atoms with van der Waals surface area (Å²) in [5.41, 5.74) is 1.06. The lowest BCUT2D eigenvalue weighted by Crippen LogP contribution is -2.37. The van der Waals surface area contributed by atoms with Crippen molar-refractivity contribution >= 4 is 62.1 Å². The molecule has 1 aliphatic heterocycles. The number of amides is 1.